The van der Waals surface area contributed by atoms with E-state index in [-0.39, 0.29) is 12.2 Å². The maximum atomic E-state index is 12.0. The molecule has 1 heterocycles. The fourth-order valence-corrected chi connectivity index (χ4v) is 2.06. The van der Waals surface area contributed by atoms with Crippen molar-refractivity contribution >= 4 is 17.4 Å². The molecule has 0 aliphatic carbocycles. The fraction of sp³-hybridized carbons (Fsp3) is 0.462. The zero-order chi connectivity index (χ0) is 13.0. The summed E-state index contributed by atoms with van der Waals surface area (Å²) in [5.41, 5.74) is 0.768. The molecular weight excluding hydrogens is 256 g/mol. The van der Waals surface area contributed by atoms with Gasteiger partial charge in [0, 0.05) is 17.0 Å². The van der Waals surface area contributed by atoms with Crippen molar-refractivity contribution in [2.45, 2.75) is 12.5 Å². The third-order valence-corrected chi connectivity index (χ3v) is 3.02. The largest absolute Gasteiger partial charge is 0.496 e. The average molecular weight is 271 g/mol. The minimum absolute atomic E-state index is 0.0183. The van der Waals surface area contributed by atoms with Gasteiger partial charge in [-0.3, -0.25) is 4.79 Å². The van der Waals surface area contributed by atoms with Crippen LogP contribution in [0, 0.1) is 0 Å². The van der Waals surface area contributed by atoms with Gasteiger partial charge in [-0.2, -0.15) is 0 Å². The lowest BCUT2D eigenvalue weighted by Gasteiger charge is -2.22. The summed E-state index contributed by atoms with van der Waals surface area (Å²) in [6.07, 6.45) is -0.250. The topological polar surface area (TPSA) is 44.8 Å². The van der Waals surface area contributed by atoms with E-state index >= 15 is 0 Å². The van der Waals surface area contributed by atoms with E-state index in [2.05, 4.69) is 0 Å². The highest BCUT2D eigenvalue weighted by atomic mass is 35.5. The summed E-state index contributed by atoms with van der Waals surface area (Å²) < 4.78 is 15.8. The van der Waals surface area contributed by atoms with Gasteiger partial charge in [-0.05, 0) is 18.2 Å². The number of hydrogen-bond acceptors (Lipinski definition) is 4. The third-order valence-electron chi connectivity index (χ3n) is 2.78. The van der Waals surface area contributed by atoms with Crippen LogP contribution in [0.3, 0.4) is 0 Å². The first-order valence-corrected chi connectivity index (χ1v) is 6.13. The number of Topliss-reactive ketones (excluding diaryl/α,β-unsaturated/α-hetero) is 1. The van der Waals surface area contributed by atoms with E-state index in [4.69, 9.17) is 25.8 Å². The van der Waals surface area contributed by atoms with Crippen LogP contribution in [0.5, 0.6) is 5.75 Å². The maximum absolute atomic E-state index is 12.0. The molecule has 2 rings (SSSR count). The van der Waals surface area contributed by atoms with E-state index in [0.717, 1.165) is 5.56 Å². The quantitative estimate of drug-likeness (QED) is 0.838. The molecule has 1 saturated heterocycles. The number of carbonyl (C=O) groups is 1. The first-order valence-electron chi connectivity index (χ1n) is 5.75. The average Bonchev–Trinajstić information content (AvgIpc) is 2.40. The minimum Gasteiger partial charge on any atom is -0.496 e. The summed E-state index contributed by atoms with van der Waals surface area (Å²) in [4.78, 5) is 12.0. The van der Waals surface area contributed by atoms with Crippen LogP contribution in [0.15, 0.2) is 18.2 Å². The molecule has 98 valence electrons. The van der Waals surface area contributed by atoms with Crippen LogP contribution in [0.4, 0.5) is 0 Å². The van der Waals surface area contributed by atoms with E-state index in [1.807, 2.05) is 0 Å². The highest BCUT2D eigenvalue weighted by Gasteiger charge is 2.23. The van der Waals surface area contributed by atoms with Crippen LogP contribution >= 0.6 is 11.6 Å². The summed E-state index contributed by atoms with van der Waals surface area (Å²) >= 11 is 5.92. The zero-order valence-corrected chi connectivity index (χ0v) is 10.9. The van der Waals surface area contributed by atoms with E-state index in [1.54, 1.807) is 25.3 Å². The van der Waals surface area contributed by atoms with Gasteiger partial charge in [-0.15, -0.1) is 0 Å². The number of rotatable bonds is 4. The molecule has 1 unspecified atom stereocenters. The molecule has 0 N–H and O–H groups in total. The predicted molar refractivity (Wildman–Crippen MR) is 67.3 cm³/mol. The van der Waals surface area contributed by atoms with Crippen molar-refractivity contribution in [1.29, 1.82) is 0 Å². The summed E-state index contributed by atoms with van der Waals surface area (Å²) in [5, 5.41) is 0.583. The molecule has 0 bridgehead atoms. The molecule has 1 aromatic rings. The van der Waals surface area contributed by atoms with E-state index in [0.29, 0.717) is 30.6 Å². The lowest BCUT2D eigenvalue weighted by molar-refractivity contribution is -0.144. The van der Waals surface area contributed by atoms with E-state index in [9.17, 15) is 4.79 Å². The molecule has 1 aliphatic rings. The van der Waals surface area contributed by atoms with Crippen molar-refractivity contribution in [3.63, 3.8) is 0 Å². The third kappa shape index (κ3) is 3.22. The molecule has 0 saturated carbocycles. The van der Waals surface area contributed by atoms with Crippen LogP contribution in [0.25, 0.3) is 0 Å². The second kappa shape index (κ2) is 6.18. The summed E-state index contributed by atoms with van der Waals surface area (Å²) in [5.74, 6) is 0.639. The molecule has 5 heteroatoms. The molecule has 0 amide bonds. The van der Waals surface area contributed by atoms with E-state index in [1.165, 1.54) is 0 Å². The highest BCUT2D eigenvalue weighted by molar-refractivity contribution is 6.30. The van der Waals surface area contributed by atoms with Crippen LogP contribution in [-0.4, -0.2) is 38.8 Å². The first kappa shape index (κ1) is 13.3. The number of hydrogen-bond donors (Lipinski definition) is 0. The molecule has 4 nitrogen and oxygen atoms in total. The van der Waals surface area contributed by atoms with Gasteiger partial charge in [-0.1, -0.05) is 11.6 Å². The molecule has 0 spiro atoms. The van der Waals surface area contributed by atoms with Crippen molar-refractivity contribution in [3.8, 4) is 5.75 Å². The number of ether oxygens (including phenoxy) is 3. The van der Waals surface area contributed by atoms with Gasteiger partial charge >= 0.3 is 0 Å². The standard InChI is InChI=1S/C13H15ClO4/c1-16-12-3-2-10(14)6-9(12)7-11(15)13-8-17-4-5-18-13/h2-3,6,13H,4-5,7-8H2,1H3. The van der Waals surface area contributed by atoms with Crippen molar-refractivity contribution in [1.82, 2.24) is 0 Å². The Kier molecular flexibility index (Phi) is 4.58. The molecule has 0 aromatic heterocycles. The van der Waals surface area contributed by atoms with Crippen molar-refractivity contribution in [2.24, 2.45) is 0 Å². The molecule has 1 atom stereocenters. The smallest absolute Gasteiger partial charge is 0.168 e. The van der Waals surface area contributed by atoms with Gasteiger partial charge in [0.2, 0.25) is 0 Å². The normalized spacial score (nSPS) is 19.6. The first-order chi connectivity index (χ1) is 8.70. The molecule has 1 fully saturated rings. The Hall–Kier alpha value is -1.10. The Morgan fingerprint density at radius 2 is 2.33 bits per heavy atom. The van der Waals surface area contributed by atoms with Crippen LogP contribution in [-0.2, 0) is 20.7 Å². The number of ketones is 1. The Bertz CT molecular complexity index is 427. The van der Waals surface area contributed by atoms with Gasteiger partial charge in [0.1, 0.15) is 11.9 Å². The van der Waals surface area contributed by atoms with E-state index < -0.39 is 6.10 Å². The van der Waals surface area contributed by atoms with Crippen LogP contribution in [0.1, 0.15) is 5.56 Å². The Morgan fingerprint density at radius 1 is 1.50 bits per heavy atom. The van der Waals surface area contributed by atoms with Crippen LogP contribution < -0.4 is 4.74 Å². The summed E-state index contributed by atoms with van der Waals surface area (Å²) in [7, 11) is 1.57. The SMILES string of the molecule is COc1ccc(Cl)cc1CC(=O)C1COCCO1. The number of carbonyl (C=O) groups excluding carboxylic acids is 1. The Balaban J connectivity index is 2.07. The molecular formula is C13H15ClO4. The lowest BCUT2D eigenvalue weighted by Crippen LogP contribution is -2.36. The number of benzene rings is 1. The van der Waals surface area contributed by atoms with Crippen molar-refractivity contribution in [2.75, 3.05) is 26.9 Å². The summed E-state index contributed by atoms with van der Waals surface area (Å²) in [6.45, 7) is 1.33. The zero-order valence-electron chi connectivity index (χ0n) is 10.1. The van der Waals surface area contributed by atoms with Gasteiger partial charge in [0.25, 0.3) is 0 Å². The molecule has 1 aliphatic heterocycles. The molecule has 1 aromatic carbocycles. The summed E-state index contributed by atoms with van der Waals surface area (Å²) in [6, 6.07) is 5.22. The van der Waals surface area contributed by atoms with Gasteiger partial charge in [0.15, 0.2) is 5.78 Å². The minimum atomic E-state index is -0.484. The van der Waals surface area contributed by atoms with Gasteiger partial charge < -0.3 is 14.2 Å². The number of methoxy groups -OCH3 is 1. The monoisotopic (exact) mass is 270 g/mol. The second-order valence-electron chi connectivity index (χ2n) is 4.03. The van der Waals surface area contributed by atoms with Crippen LogP contribution in [0.2, 0.25) is 5.02 Å². The highest BCUT2D eigenvalue weighted by Crippen LogP contribution is 2.24. The van der Waals surface area contributed by atoms with Crippen molar-refractivity contribution in [3.05, 3.63) is 28.8 Å². The lowest BCUT2D eigenvalue weighted by atomic mass is 10.0. The van der Waals surface area contributed by atoms with Crippen molar-refractivity contribution < 1.29 is 19.0 Å². The van der Waals surface area contributed by atoms with Gasteiger partial charge in [-0.25, -0.2) is 0 Å². The second-order valence-corrected chi connectivity index (χ2v) is 4.47. The Labute approximate surface area is 111 Å². The Morgan fingerprint density at radius 3 is 3.00 bits per heavy atom. The maximum Gasteiger partial charge on any atom is 0.168 e. The molecule has 18 heavy (non-hydrogen) atoms. The fourth-order valence-electron chi connectivity index (χ4n) is 1.86. The number of halogens is 1. The van der Waals surface area contributed by atoms with Gasteiger partial charge in [0.05, 0.1) is 26.9 Å². The predicted octanol–water partition coefficient (Wildman–Crippen LogP) is 1.88. The molecule has 0 radical (unpaired) electrons.